The summed E-state index contributed by atoms with van der Waals surface area (Å²) in [6.07, 6.45) is 1.71. The van der Waals surface area contributed by atoms with Gasteiger partial charge in [0.15, 0.2) is 5.16 Å². The molecule has 0 atom stereocenters. The normalized spacial score (nSPS) is 11.5. The number of rotatable bonds is 5. The maximum absolute atomic E-state index is 14.3. The van der Waals surface area contributed by atoms with Crippen molar-refractivity contribution in [1.82, 2.24) is 14.5 Å². The van der Waals surface area contributed by atoms with E-state index in [1.165, 1.54) is 29.2 Å². The molecule has 30 heavy (non-hydrogen) atoms. The molecule has 0 bridgehead atoms. The summed E-state index contributed by atoms with van der Waals surface area (Å²) >= 11 is 10.4. The van der Waals surface area contributed by atoms with E-state index in [2.05, 4.69) is 4.98 Å². The zero-order chi connectivity index (χ0) is 20.7. The van der Waals surface area contributed by atoms with Crippen molar-refractivity contribution in [2.75, 3.05) is 0 Å². The van der Waals surface area contributed by atoms with Gasteiger partial charge in [-0.05, 0) is 35.7 Å². The summed E-state index contributed by atoms with van der Waals surface area (Å²) in [5.74, 6) is -0.0952. The molecule has 0 aliphatic heterocycles. The minimum Gasteiger partial charge on any atom is -0.281 e. The second kappa shape index (κ2) is 8.11. The summed E-state index contributed by atoms with van der Waals surface area (Å²) in [5, 5.41) is 3.72. The topological polar surface area (TPSA) is 47.8 Å². The first kappa shape index (κ1) is 19.7. The molecule has 0 saturated carbocycles. The fraction of sp³-hybridized carbons (Fsp3) is 0.0952. The van der Waals surface area contributed by atoms with Gasteiger partial charge in [-0.25, -0.2) is 14.4 Å². The van der Waals surface area contributed by atoms with Crippen LogP contribution >= 0.6 is 46.0 Å². The number of thiophene rings is 2. The molecule has 0 radical (unpaired) electrons. The molecule has 5 aromatic rings. The molecule has 150 valence electrons. The predicted octanol–water partition coefficient (Wildman–Crippen LogP) is 6.20. The second-order valence-electron chi connectivity index (χ2n) is 6.49. The highest BCUT2D eigenvalue weighted by atomic mass is 35.5. The van der Waals surface area contributed by atoms with Crippen molar-refractivity contribution in [2.24, 2.45) is 0 Å². The Hall–Kier alpha value is -2.26. The van der Waals surface area contributed by atoms with Gasteiger partial charge in [-0.3, -0.25) is 9.36 Å². The van der Waals surface area contributed by atoms with Crippen molar-refractivity contribution < 1.29 is 4.39 Å². The highest BCUT2D eigenvalue weighted by Gasteiger charge is 2.18. The van der Waals surface area contributed by atoms with Gasteiger partial charge < -0.3 is 0 Å². The molecule has 0 aliphatic rings. The van der Waals surface area contributed by atoms with E-state index in [1.54, 1.807) is 34.2 Å². The Balaban J connectivity index is 1.65. The Morgan fingerprint density at radius 3 is 2.87 bits per heavy atom. The lowest BCUT2D eigenvalue weighted by molar-refractivity contribution is 0.617. The van der Waals surface area contributed by atoms with E-state index in [1.807, 2.05) is 29.6 Å². The minimum absolute atomic E-state index is 0.112. The van der Waals surface area contributed by atoms with Crippen molar-refractivity contribution in [1.29, 1.82) is 0 Å². The van der Waals surface area contributed by atoms with Crippen LogP contribution in [0.3, 0.4) is 0 Å². The first-order valence-corrected chi connectivity index (χ1v) is 12.0. The summed E-state index contributed by atoms with van der Waals surface area (Å²) < 4.78 is 16.5. The van der Waals surface area contributed by atoms with Gasteiger partial charge in [-0.15, -0.1) is 22.7 Å². The quantitative estimate of drug-likeness (QED) is 0.225. The van der Waals surface area contributed by atoms with Crippen LogP contribution in [0.2, 0.25) is 5.02 Å². The average molecular weight is 474 g/mol. The molecule has 0 spiro atoms. The van der Waals surface area contributed by atoms with Crippen LogP contribution in [0, 0.1) is 5.82 Å². The van der Waals surface area contributed by atoms with Crippen LogP contribution in [0.15, 0.2) is 64.0 Å². The number of nitrogens with zero attached hydrogens (tertiary/aromatic N) is 3. The highest BCUT2D eigenvalue weighted by molar-refractivity contribution is 7.98. The maximum atomic E-state index is 14.3. The second-order valence-corrected chi connectivity index (χ2v) is 9.87. The Morgan fingerprint density at radius 2 is 2.07 bits per heavy atom. The number of hydrogen-bond donors (Lipinski definition) is 0. The lowest BCUT2D eigenvalue weighted by Gasteiger charge is -2.12. The summed E-state index contributed by atoms with van der Waals surface area (Å²) in [6, 6.07) is 12.3. The van der Waals surface area contributed by atoms with Crippen LogP contribution in [-0.2, 0) is 12.3 Å². The summed E-state index contributed by atoms with van der Waals surface area (Å²) in [5.41, 5.74) is 0.925. The van der Waals surface area contributed by atoms with E-state index in [9.17, 15) is 9.18 Å². The first-order chi connectivity index (χ1) is 14.6. The Kier molecular flexibility index (Phi) is 5.32. The molecule has 1 aromatic carbocycles. The predicted molar refractivity (Wildman–Crippen MR) is 124 cm³/mol. The lowest BCUT2D eigenvalue weighted by Crippen LogP contribution is -2.22. The van der Waals surface area contributed by atoms with Gasteiger partial charge in [0.1, 0.15) is 15.3 Å². The fourth-order valence-corrected chi connectivity index (χ4v) is 6.22. The van der Waals surface area contributed by atoms with E-state index >= 15 is 0 Å². The molecule has 5 rings (SSSR count). The first-order valence-electron chi connectivity index (χ1n) is 8.98. The van der Waals surface area contributed by atoms with E-state index in [-0.39, 0.29) is 17.1 Å². The maximum Gasteiger partial charge on any atom is 0.272 e. The van der Waals surface area contributed by atoms with Crippen molar-refractivity contribution in [3.05, 3.63) is 85.7 Å². The van der Waals surface area contributed by atoms with Crippen LogP contribution in [0.25, 0.3) is 20.4 Å². The monoisotopic (exact) mass is 473 g/mol. The third-order valence-electron chi connectivity index (χ3n) is 4.62. The van der Waals surface area contributed by atoms with Gasteiger partial charge in [0, 0.05) is 32.8 Å². The van der Waals surface area contributed by atoms with Crippen LogP contribution in [0.5, 0.6) is 0 Å². The van der Waals surface area contributed by atoms with Crippen LogP contribution in [0.1, 0.15) is 10.4 Å². The van der Waals surface area contributed by atoms with Gasteiger partial charge >= 0.3 is 0 Å². The van der Waals surface area contributed by atoms with Crippen LogP contribution < -0.4 is 5.56 Å². The van der Waals surface area contributed by atoms with Gasteiger partial charge in [-0.2, -0.15) is 0 Å². The molecule has 9 heteroatoms. The number of hydrogen-bond acceptors (Lipinski definition) is 6. The Morgan fingerprint density at radius 1 is 1.17 bits per heavy atom. The number of aromatic nitrogens is 3. The molecule has 0 N–H and O–H groups in total. The molecule has 0 amide bonds. The summed E-state index contributed by atoms with van der Waals surface area (Å²) in [6.45, 7) is 0.411. The van der Waals surface area contributed by atoms with Crippen LogP contribution in [-0.4, -0.2) is 14.5 Å². The standard InChI is InChI=1S/C21H13ClFN3OS3/c22-15-6-1-7-16(23)14(15)11-29-21-25-17-13-5-2-8-24-19(13)30-18(17)20(27)26(21)10-12-4-3-9-28-12/h1-9H,10-11H2. The summed E-state index contributed by atoms with van der Waals surface area (Å²) in [7, 11) is 0. The fourth-order valence-electron chi connectivity index (χ4n) is 3.16. The Labute approximate surface area is 188 Å². The van der Waals surface area contributed by atoms with Crippen molar-refractivity contribution in [3.63, 3.8) is 0 Å². The number of pyridine rings is 1. The largest absolute Gasteiger partial charge is 0.281 e. The third kappa shape index (κ3) is 3.54. The van der Waals surface area contributed by atoms with Crippen molar-refractivity contribution in [2.45, 2.75) is 17.5 Å². The molecule has 0 fully saturated rings. The number of halogens is 2. The Bertz CT molecular complexity index is 1410. The summed E-state index contributed by atoms with van der Waals surface area (Å²) in [4.78, 5) is 24.4. The SMILES string of the molecule is O=c1c2sc3ncccc3c2nc(SCc2c(F)cccc2Cl)n1Cc1cccs1. The molecule has 4 nitrogen and oxygen atoms in total. The van der Waals surface area contributed by atoms with Crippen molar-refractivity contribution in [3.8, 4) is 0 Å². The zero-order valence-corrected chi connectivity index (χ0v) is 18.5. The lowest BCUT2D eigenvalue weighted by atomic mass is 10.2. The van der Waals surface area contributed by atoms with Gasteiger partial charge in [0.2, 0.25) is 0 Å². The molecule has 0 unspecified atom stereocenters. The van der Waals surface area contributed by atoms with E-state index in [0.29, 0.717) is 32.5 Å². The molecular formula is C21H13ClFN3OS3. The molecule has 0 saturated heterocycles. The molecular weight excluding hydrogens is 461 g/mol. The van der Waals surface area contributed by atoms with Gasteiger partial charge in [-0.1, -0.05) is 35.5 Å². The number of thioether (sulfide) groups is 1. The zero-order valence-electron chi connectivity index (χ0n) is 15.3. The highest BCUT2D eigenvalue weighted by Crippen LogP contribution is 2.33. The molecule has 4 aromatic heterocycles. The average Bonchev–Trinajstić information content (AvgIpc) is 3.38. The molecule has 0 aliphatic carbocycles. The van der Waals surface area contributed by atoms with E-state index in [0.717, 1.165) is 15.1 Å². The minimum atomic E-state index is -0.367. The van der Waals surface area contributed by atoms with E-state index in [4.69, 9.17) is 16.6 Å². The number of fused-ring (bicyclic) bond motifs is 3. The van der Waals surface area contributed by atoms with Gasteiger partial charge in [0.05, 0.1) is 12.1 Å². The third-order valence-corrected chi connectivity index (χ3v) is 7.93. The molecule has 4 heterocycles. The van der Waals surface area contributed by atoms with E-state index < -0.39 is 0 Å². The van der Waals surface area contributed by atoms with Gasteiger partial charge in [0.25, 0.3) is 5.56 Å². The van der Waals surface area contributed by atoms with Crippen molar-refractivity contribution >= 4 is 66.5 Å². The number of benzene rings is 1. The van der Waals surface area contributed by atoms with Crippen LogP contribution in [0.4, 0.5) is 4.39 Å². The smallest absolute Gasteiger partial charge is 0.272 e.